The van der Waals surface area contributed by atoms with Crippen molar-refractivity contribution >= 4 is 22.8 Å². The van der Waals surface area contributed by atoms with E-state index in [2.05, 4.69) is 24.9 Å². The van der Waals surface area contributed by atoms with Crippen LogP contribution in [0.4, 0.5) is 0 Å². The van der Waals surface area contributed by atoms with Crippen LogP contribution in [0.15, 0.2) is 48.5 Å². The molecule has 3 aromatic rings. The van der Waals surface area contributed by atoms with Gasteiger partial charge >= 0.3 is 5.97 Å². The zero-order chi connectivity index (χ0) is 20.3. The molecule has 148 valence electrons. The highest BCUT2D eigenvalue weighted by atomic mass is 16.5. The van der Waals surface area contributed by atoms with Crippen molar-refractivity contribution in [2.45, 2.75) is 44.7 Å². The van der Waals surface area contributed by atoms with Gasteiger partial charge in [-0.25, -0.2) is 4.79 Å². The van der Waals surface area contributed by atoms with Crippen molar-refractivity contribution in [1.82, 2.24) is 9.88 Å². The number of para-hydroxylation sites is 1. The second-order valence-electron chi connectivity index (χ2n) is 8.42. The fraction of sp³-hybridized carbons (Fsp3) is 0.333. The monoisotopic (exact) mass is 388 g/mol. The van der Waals surface area contributed by atoms with E-state index in [1.54, 1.807) is 11.8 Å². The first-order valence-corrected chi connectivity index (χ1v) is 10.1. The number of nitrogens with one attached hydrogen (secondary N) is 1. The number of ether oxygens (including phenoxy) is 1. The van der Waals surface area contributed by atoms with Crippen LogP contribution in [0, 0.1) is 0 Å². The van der Waals surface area contributed by atoms with E-state index in [-0.39, 0.29) is 23.3 Å². The molecule has 3 heterocycles. The largest absolute Gasteiger partial charge is 0.464 e. The molecule has 0 radical (unpaired) electrons. The van der Waals surface area contributed by atoms with E-state index in [4.69, 9.17) is 4.74 Å². The Morgan fingerprint density at radius 2 is 1.90 bits per heavy atom. The first kappa shape index (κ1) is 18.0. The summed E-state index contributed by atoms with van der Waals surface area (Å²) in [5, 5.41) is 1.11. The third kappa shape index (κ3) is 2.40. The third-order valence-electron chi connectivity index (χ3n) is 6.46. The minimum absolute atomic E-state index is 0.104. The molecule has 1 N–H and O–H groups in total. The summed E-state index contributed by atoms with van der Waals surface area (Å²) < 4.78 is 5.40. The summed E-state index contributed by atoms with van der Waals surface area (Å²) in [5.41, 5.74) is 4.48. The maximum Gasteiger partial charge on any atom is 0.329 e. The van der Waals surface area contributed by atoms with E-state index >= 15 is 0 Å². The number of aromatic amines is 1. The fourth-order valence-corrected chi connectivity index (χ4v) is 5.21. The number of hydrogen-bond donors (Lipinski definition) is 1. The Hall–Kier alpha value is -3.08. The number of nitrogens with zero attached hydrogens (tertiary/aromatic N) is 1. The lowest BCUT2D eigenvalue weighted by molar-refractivity contribution is -0.150. The molecule has 1 amide bonds. The molecule has 0 saturated heterocycles. The molecule has 5 nitrogen and oxygen atoms in total. The Bertz CT molecular complexity index is 1140. The van der Waals surface area contributed by atoms with Crippen molar-refractivity contribution in [2.24, 2.45) is 0 Å². The predicted molar refractivity (Wildman–Crippen MR) is 111 cm³/mol. The quantitative estimate of drug-likeness (QED) is 0.672. The molecule has 0 saturated carbocycles. The normalized spacial score (nSPS) is 22.0. The standard InChI is InChI=1S/C24H24N2O3/c1-4-29-23(28)19-13-16-14-9-6-8-12-18(14)25-20(16)21-24(2,3)17-11-7-5-10-15(17)22(27)26(19)21/h5-12,19,21,25H,4,13H2,1-3H3/t19-,21-/m0/s1. The highest BCUT2D eigenvalue weighted by molar-refractivity contribution is 6.01. The fourth-order valence-electron chi connectivity index (χ4n) is 5.21. The van der Waals surface area contributed by atoms with Gasteiger partial charge in [-0.2, -0.15) is 0 Å². The van der Waals surface area contributed by atoms with Gasteiger partial charge in [-0.05, 0) is 30.2 Å². The highest BCUT2D eigenvalue weighted by Crippen LogP contribution is 2.51. The van der Waals surface area contributed by atoms with Crippen LogP contribution in [0.2, 0.25) is 0 Å². The van der Waals surface area contributed by atoms with Crippen LogP contribution in [0.3, 0.4) is 0 Å². The molecular weight excluding hydrogens is 364 g/mol. The van der Waals surface area contributed by atoms with Gasteiger partial charge in [0.1, 0.15) is 6.04 Å². The van der Waals surface area contributed by atoms with Gasteiger partial charge in [0.25, 0.3) is 5.91 Å². The molecule has 0 spiro atoms. The van der Waals surface area contributed by atoms with Crippen molar-refractivity contribution < 1.29 is 14.3 Å². The van der Waals surface area contributed by atoms with Crippen LogP contribution in [0.1, 0.15) is 54.0 Å². The first-order chi connectivity index (χ1) is 13.9. The second-order valence-corrected chi connectivity index (χ2v) is 8.42. The van der Waals surface area contributed by atoms with Gasteiger partial charge in [-0.3, -0.25) is 4.79 Å². The average molecular weight is 388 g/mol. The average Bonchev–Trinajstić information content (AvgIpc) is 3.09. The summed E-state index contributed by atoms with van der Waals surface area (Å²) in [6, 6.07) is 15.0. The lowest BCUT2D eigenvalue weighted by Gasteiger charge is -2.51. The molecule has 0 bridgehead atoms. The number of aromatic nitrogens is 1. The number of carbonyl (C=O) groups excluding carboxylic acids is 2. The van der Waals surface area contributed by atoms with Crippen molar-refractivity contribution in [3.8, 4) is 0 Å². The molecule has 0 unspecified atom stereocenters. The van der Waals surface area contributed by atoms with Crippen LogP contribution >= 0.6 is 0 Å². The maximum absolute atomic E-state index is 13.6. The predicted octanol–water partition coefficient (Wildman–Crippen LogP) is 4.13. The highest BCUT2D eigenvalue weighted by Gasteiger charge is 2.53. The van der Waals surface area contributed by atoms with E-state index in [1.807, 2.05) is 42.5 Å². The zero-order valence-electron chi connectivity index (χ0n) is 16.9. The van der Waals surface area contributed by atoms with Crippen molar-refractivity contribution in [2.75, 3.05) is 6.61 Å². The first-order valence-electron chi connectivity index (χ1n) is 10.1. The summed E-state index contributed by atoms with van der Waals surface area (Å²) >= 11 is 0. The van der Waals surface area contributed by atoms with Crippen molar-refractivity contribution in [3.05, 3.63) is 70.9 Å². The molecule has 2 atom stereocenters. The van der Waals surface area contributed by atoms with Gasteiger partial charge in [0.15, 0.2) is 0 Å². The minimum atomic E-state index is -0.633. The number of fused-ring (bicyclic) bond motifs is 6. The Morgan fingerprint density at radius 1 is 1.17 bits per heavy atom. The Labute approximate surface area is 169 Å². The van der Waals surface area contributed by atoms with Crippen LogP contribution in [-0.2, 0) is 21.4 Å². The topological polar surface area (TPSA) is 62.4 Å². The molecule has 2 aliphatic rings. The van der Waals surface area contributed by atoms with E-state index in [1.165, 1.54) is 0 Å². The lowest BCUT2D eigenvalue weighted by atomic mass is 9.68. The van der Waals surface area contributed by atoms with E-state index < -0.39 is 6.04 Å². The van der Waals surface area contributed by atoms with Gasteiger partial charge in [0.2, 0.25) is 0 Å². The van der Waals surface area contributed by atoms with Gasteiger partial charge in [-0.15, -0.1) is 0 Å². The van der Waals surface area contributed by atoms with Crippen molar-refractivity contribution in [1.29, 1.82) is 0 Å². The molecule has 0 aliphatic carbocycles. The number of benzene rings is 2. The second kappa shape index (κ2) is 6.21. The Balaban J connectivity index is 1.79. The van der Waals surface area contributed by atoms with E-state index in [0.717, 1.165) is 27.7 Å². The zero-order valence-corrected chi connectivity index (χ0v) is 16.9. The smallest absolute Gasteiger partial charge is 0.329 e. The number of hydrogen-bond acceptors (Lipinski definition) is 3. The molecule has 5 heteroatoms. The van der Waals surface area contributed by atoms with Gasteiger partial charge in [-0.1, -0.05) is 50.2 Å². The van der Waals surface area contributed by atoms with Crippen LogP contribution in [-0.4, -0.2) is 34.4 Å². The minimum Gasteiger partial charge on any atom is -0.464 e. The SMILES string of the molecule is CCOC(=O)[C@@H]1Cc2c([nH]c3ccccc23)[C@@H]2N1C(=O)c1ccccc1C2(C)C. The van der Waals surface area contributed by atoms with Gasteiger partial charge in [0, 0.05) is 34.0 Å². The van der Waals surface area contributed by atoms with Crippen LogP contribution < -0.4 is 0 Å². The van der Waals surface area contributed by atoms with Crippen molar-refractivity contribution in [3.63, 3.8) is 0 Å². The molecule has 2 aliphatic heterocycles. The summed E-state index contributed by atoms with van der Waals surface area (Å²) in [5.74, 6) is -0.441. The summed E-state index contributed by atoms with van der Waals surface area (Å²) in [7, 11) is 0. The van der Waals surface area contributed by atoms with Crippen LogP contribution in [0.5, 0.6) is 0 Å². The Morgan fingerprint density at radius 3 is 2.69 bits per heavy atom. The summed E-state index contributed by atoms with van der Waals surface area (Å²) in [4.78, 5) is 31.9. The molecule has 5 rings (SSSR count). The number of carbonyl (C=O) groups is 2. The number of amides is 1. The Kier molecular flexibility index (Phi) is 3.85. The number of rotatable bonds is 2. The number of H-pyrrole nitrogens is 1. The molecule has 0 fully saturated rings. The molecule has 29 heavy (non-hydrogen) atoms. The molecular formula is C24H24N2O3. The molecule has 1 aromatic heterocycles. The molecule has 2 aromatic carbocycles. The van der Waals surface area contributed by atoms with Crippen LogP contribution in [0.25, 0.3) is 10.9 Å². The third-order valence-corrected chi connectivity index (χ3v) is 6.46. The van der Waals surface area contributed by atoms with Gasteiger partial charge < -0.3 is 14.6 Å². The lowest BCUT2D eigenvalue weighted by Crippen LogP contribution is -2.59. The number of esters is 1. The maximum atomic E-state index is 13.6. The summed E-state index contributed by atoms with van der Waals surface area (Å²) in [6.07, 6.45) is 0.457. The van der Waals surface area contributed by atoms with Gasteiger partial charge in [0.05, 0.1) is 12.6 Å². The van der Waals surface area contributed by atoms with E-state index in [9.17, 15) is 9.59 Å². The van der Waals surface area contributed by atoms with E-state index in [0.29, 0.717) is 18.6 Å². The summed E-state index contributed by atoms with van der Waals surface area (Å²) in [6.45, 7) is 6.40.